The summed E-state index contributed by atoms with van der Waals surface area (Å²) in [6, 6.07) is 17.4. The van der Waals surface area contributed by atoms with Gasteiger partial charge in [0.15, 0.2) is 6.61 Å². The summed E-state index contributed by atoms with van der Waals surface area (Å²) in [6.07, 6.45) is 0. The first kappa shape index (κ1) is 23.9. The lowest BCUT2D eigenvalue weighted by Crippen LogP contribution is -2.43. The second kappa shape index (κ2) is 9.94. The molecule has 1 aliphatic rings. The maximum absolute atomic E-state index is 12.9. The number of carbonyl (C=O) groups excluding carboxylic acids is 2. The molecule has 4 rings (SSSR count). The predicted molar refractivity (Wildman–Crippen MR) is 130 cm³/mol. The summed E-state index contributed by atoms with van der Waals surface area (Å²) in [5.74, 6) is 0.263. The third-order valence-electron chi connectivity index (χ3n) is 5.15. The highest BCUT2D eigenvalue weighted by Crippen LogP contribution is 2.35. The number of benzene rings is 3. The van der Waals surface area contributed by atoms with E-state index in [9.17, 15) is 18.0 Å². The van der Waals surface area contributed by atoms with E-state index < -0.39 is 21.8 Å². The minimum atomic E-state index is -3.95. The minimum absolute atomic E-state index is 0.0821. The van der Waals surface area contributed by atoms with Crippen LogP contribution in [0, 0.1) is 0 Å². The number of hydrogen-bond acceptors (Lipinski definition) is 7. The Bertz CT molecular complexity index is 1340. The van der Waals surface area contributed by atoms with E-state index in [1.165, 1.54) is 37.3 Å². The van der Waals surface area contributed by atoms with Gasteiger partial charge in [-0.05, 0) is 30.3 Å². The summed E-state index contributed by atoms with van der Waals surface area (Å²) < 4.78 is 44.1. The van der Waals surface area contributed by atoms with Gasteiger partial charge in [0.1, 0.15) is 23.8 Å². The van der Waals surface area contributed by atoms with Crippen LogP contribution < -0.4 is 29.1 Å². The van der Waals surface area contributed by atoms with Crippen molar-refractivity contribution in [2.45, 2.75) is 4.90 Å². The second-order valence-electron chi connectivity index (χ2n) is 7.52. The quantitative estimate of drug-likeness (QED) is 0.491. The molecule has 2 N–H and O–H groups in total. The number of fused-ring (bicyclic) bond motifs is 1. The van der Waals surface area contributed by atoms with Crippen molar-refractivity contribution < 1.29 is 32.2 Å². The Balaban J connectivity index is 1.57. The highest BCUT2D eigenvalue weighted by atomic mass is 32.2. The summed E-state index contributed by atoms with van der Waals surface area (Å²) in [5, 5.41) is 2.70. The van der Waals surface area contributed by atoms with Gasteiger partial charge in [0.25, 0.3) is 15.9 Å². The zero-order chi connectivity index (χ0) is 25.0. The molecule has 2 amide bonds. The molecule has 0 bridgehead atoms. The molecule has 10 nitrogen and oxygen atoms in total. The average molecular weight is 498 g/mol. The highest BCUT2D eigenvalue weighted by Gasteiger charge is 2.29. The Kier molecular flexibility index (Phi) is 6.78. The van der Waals surface area contributed by atoms with E-state index >= 15 is 0 Å². The Labute approximate surface area is 202 Å². The molecule has 0 saturated heterocycles. The molecule has 11 heteroatoms. The van der Waals surface area contributed by atoms with Crippen molar-refractivity contribution in [1.29, 1.82) is 0 Å². The number of ether oxygens (including phenoxy) is 3. The van der Waals surface area contributed by atoms with Crippen LogP contribution in [0.1, 0.15) is 0 Å². The average Bonchev–Trinajstić information content (AvgIpc) is 2.85. The first-order valence-corrected chi connectivity index (χ1v) is 12.0. The maximum Gasteiger partial charge on any atom is 0.265 e. The molecule has 0 aliphatic carbocycles. The zero-order valence-electron chi connectivity index (χ0n) is 19.0. The molecule has 1 heterocycles. The fraction of sp³-hybridized carbons (Fsp3) is 0.167. The van der Waals surface area contributed by atoms with E-state index in [4.69, 9.17) is 14.2 Å². The molecule has 182 valence electrons. The van der Waals surface area contributed by atoms with Crippen LogP contribution in [0.2, 0.25) is 0 Å². The van der Waals surface area contributed by atoms with Crippen LogP contribution in [0.15, 0.2) is 71.6 Å². The van der Waals surface area contributed by atoms with Crippen LogP contribution in [0.4, 0.5) is 17.1 Å². The number of para-hydroxylation sites is 1. The topological polar surface area (TPSA) is 123 Å². The highest BCUT2D eigenvalue weighted by molar-refractivity contribution is 7.92. The first-order chi connectivity index (χ1) is 16.8. The number of amides is 2. The van der Waals surface area contributed by atoms with Gasteiger partial charge in [0.2, 0.25) is 5.91 Å². The molecule has 3 aromatic rings. The number of anilines is 3. The molecule has 0 fully saturated rings. The Morgan fingerprint density at radius 3 is 2.31 bits per heavy atom. The number of carbonyl (C=O) groups is 2. The maximum atomic E-state index is 12.9. The van der Waals surface area contributed by atoms with Gasteiger partial charge in [0, 0.05) is 29.6 Å². The van der Waals surface area contributed by atoms with Crippen molar-refractivity contribution in [1.82, 2.24) is 0 Å². The van der Waals surface area contributed by atoms with Gasteiger partial charge in [0.05, 0.1) is 24.8 Å². The molecule has 3 aromatic carbocycles. The lowest BCUT2D eigenvalue weighted by atomic mass is 10.2. The fourth-order valence-corrected chi connectivity index (χ4v) is 4.54. The van der Waals surface area contributed by atoms with Gasteiger partial charge < -0.3 is 19.5 Å². The third-order valence-corrected chi connectivity index (χ3v) is 6.53. The molecular weight excluding hydrogens is 474 g/mol. The van der Waals surface area contributed by atoms with Crippen molar-refractivity contribution in [3.8, 4) is 17.2 Å². The van der Waals surface area contributed by atoms with Crippen LogP contribution in [0.3, 0.4) is 0 Å². The monoisotopic (exact) mass is 497 g/mol. The second-order valence-corrected chi connectivity index (χ2v) is 9.20. The summed E-state index contributed by atoms with van der Waals surface area (Å²) >= 11 is 0. The van der Waals surface area contributed by atoms with Crippen LogP contribution in [-0.4, -0.2) is 47.6 Å². The number of sulfonamides is 1. The van der Waals surface area contributed by atoms with E-state index in [0.717, 1.165) is 0 Å². The molecule has 0 spiro atoms. The van der Waals surface area contributed by atoms with E-state index in [0.29, 0.717) is 28.6 Å². The van der Waals surface area contributed by atoms with Crippen molar-refractivity contribution >= 4 is 38.9 Å². The van der Waals surface area contributed by atoms with Crippen molar-refractivity contribution in [2.75, 3.05) is 42.3 Å². The van der Waals surface area contributed by atoms with Gasteiger partial charge in [-0.3, -0.25) is 19.2 Å². The van der Waals surface area contributed by atoms with E-state index in [1.54, 1.807) is 48.5 Å². The molecule has 0 saturated carbocycles. The van der Waals surface area contributed by atoms with Gasteiger partial charge >= 0.3 is 0 Å². The Hall–Kier alpha value is -4.25. The molecule has 0 radical (unpaired) electrons. The molecule has 1 aliphatic heterocycles. The molecule has 0 atom stereocenters. The third kappa shape index (κ3) is 5.46. The largest absolute Gasteiger partial charge is 0.497 e. The molecular formula is C24H23N3O7S. The number of nitrogens with zero attached hydrogens (tertiary/aromatic N) is 1. The van der Waals surface area contributed by atoms with E-state index in [2.05, 4.69) is 10.0 Å². The summed E-state index contributed by atoms with van der Waals surface area (Å²) in [6.45, 7) is -0.633. The van der Waals surface area contributed by atoms with Gasteiger partial charge in [-0.2, -0.15) is 0 Å². The Morgan fingerprint density at radius 2 is 1.66 bits per heavy atom. The van der Waals surface area contributed by atoms with Gasteiger partial charge in [-0.15, -0.1) is 0 Å². The number of nitrogens with one attached hydrogen (secondary N) is 2. The van der Waals surface area contributed by atoms with Crippen LogP contribution in [0.5, 0.6) is 17.2 Å². The lowest BCUT2D eigenvalue weighted by molar-refractivity contribution is -0.123. The fourth-order valence-electron chi connectivity index (χ4n) is 3.47. The van der Waals surface area contributed by atoms with Crippen LogP contribution in [0.25, 0.3) is 0 Å². The van der Waals surface area contributed by atoms with Gasteiger partial charge in [-0.1, -0.05) is 18.2 Å². The number of methoxy groups -OCH3 is 2. The first-order valence-electron chi connectivity index (χ1n) is 10.5. The van der Waals surface area contributed by atoms with Crippen molar-refractivity contribution in [3.63, 3.8) is 0 Å². The SMILES string of the molecule is COc1cc(NC(=O)CN2C(=O)COc3ccc(S(=O)(=O)Nc4ccccc4)cc32)cc(OC)c1. The van der Waals surface area contributed by atoms with E-state index in [-0.39, 0.29) is 23.7 Å². The zero-order valence-corrected chi connectivity index (χ0v) is 19.8. The molecule has 0 unspecified atom stereocenters. The smallest absolute Gasteiger partial charge is 0.265 e. The summed E-state index contributed by atoms with van der Waals surface area (Å²) in [4.78, 5) is 26.5. The molecule has 35 heavy (non-hydrogen) atoms. The molecule has 0 aromatic heterocycles. The summed E-state index contributed by atoms with van der Waals surface area (Å²) in [5.41, 5.74) is 0.980. The standard InChI is InChI=1S/C24H23N3O7S/c1-32-18-10-17(11-19(12-18)33-2)25-23(28)14-27-21-13-20(8-9-22(21)34-15-24(27)29)35(30,31)26-16-6-4-3-5-7-16/h3-13,26H,14-15H2,1-2H3,(H,25,28). The van der Waals surface area contributed by atoms with Gasteiger partial charge in [-0.25, -0.2) is 8.42 Å². The lowest BCUT2D eigenvalue weighted by Gasteiger charge is -2.29. The number of rotatable bonds is 8. The van der Waals surface area contributed by atoms with Crippen molar-refractivity contribution in [2.24, 2.45) is 0 Å². The minimum Gasteiger partial charge on any atom is -0.497 e. The number of hydrogen-bond donors (Lipinski definition) is 2. The van der Waals surface area contributed by atoms with Crippen molar-refractivity contribution in [3.05, 3.63) is 66.7 Å². The predicted octanol–water partition coefficient (Wildman–Crippen LogP) is 2.87. The van der Waals surface area contributed by atoms with Crippen LogP contribution >= 0.6 is 0 Å². The van der Waals surface area contributed by atoms with Crippen LogP contribution in [-0.2, 0) is 19.6 Å². The normalized spacial score (nSPS) is 12.9. The summed E-state index contributed by atoms with van der Waals surface area (Å²) in [7, 11) is -0.976. The van der Waals surface area contributed by atoms with E-state index in [1.807, 2.05) is 0 Å². The Morgan fingerprint density at radius 1 is 0.971 bits per heavy atom.